The number of hydrogen-bond acceptors (Lipinski definition) is 12. The minimum absolute atomic E-state index is 0.0684. The number of benzene rings is 2. The number of carboxylic acids is 1. The van der Waals surface area contributed by atoms with E-state index in [2.05, 4.69) is 56.2 Å². The highest BCUT2D eigenvalue weighted by Gasteiger charge is 2.34. The van der Waals surface area contributed by atoms with Crippen LogP contribution in [-0.4, -0.2) is 116 Å². The van der Waals surface area contributed by atoms with Gasteiger partial charge in [-0.15, -0.1) is 0 Å². The van der Waals surface area contributed by atoms with Gasteiger partial charge in [0.1, 0.15) is 36.9 Å². The predicted molar refractivity (Wildman–Crippen MR) is 264 cm³/mol. The molecule has 19 heteroatoms. The van der Waals surface area contributed by atoms with E-state index >= 15 is 0 Å². The number of carbonyl (C=O) groups is 7. The molecule has 0 aromatic heterocycles. The van der Waals surface area contributed by atoms with Gasteiger partial charge in [0, 0.05) is 44.1 Å². The smallest absolute Gasteiger partial charge is 0.407 e. The Morgan fingerprint density at radius 3 is 1.53 bits per heavy atom. The van der Waals surface area contributed by atoms with E-state index in [1.54, 1.807) is 0 Å². The van der Waals surface area contributed by atoms with Crippen molar-refractivity contribution < 1.29 is 52.9 Å². The Balaban J connectivity index is 0.000000239. The fraction of sp³-hybridized carbons (Fsp3) is 0.604. The normalized spacial score (nSPS) is 21.7. The van der Waals surface area contributed by atoms with Crippen LogP contribution in [0.5, 0.6) is 0 Å². The SMILES string of the molecule is CC(C)C[C@H](NC(=O)OCC1c2ccccc2-c2ccccc21)C(=O)N[C@H](C#N)C[C@@H]1CCCNC1=O.CC(C)C[C@H](NC(=O)[C@H]1CCCO1)C(=O)N[C@H](C#N)C[C@@H]1CCCNC1=O.O=C(O)[C@H]1CCCO1. The zero-order valence-corrected chi connectivity index (χ0v) is 41.9. The number of nitrogens with zero attached hydrogens (tertiary/aromatic N) is 2. The molecule has 7 N–H and O–H groups in total. The Hall–Kier alpha value is -6.57. The second-order valence-electron chi connectivity index (χ2n) is 19.8. The lowest BCUT2D eigenvalue weighted by molar-refractivity contribution is -0.147. The first-order valence-electron chi connectivity index (χ1n) is 25.4. The minimum atomic E-state index is -0.855. The Morgan fingerprint density at radius 1 is 0.667 bits per heavy atom. The van der Waals surface area contributed by atoms with Gasteiger partial charge in [-0.25, -0.2) is 9.59 Å². The van der Waals surface area contributed by atoms with Crippen molar-refractivity contribution in [2.24, 2.45) is 23.7 Å². The van der Waals surface area contributed by atoms with Crippen molar-refractivity contribution in [1.82, 2.24) is 31.9 Å². The molecule has 0 spiro atoms. The van der Waals surface area contributed by atoms with E-state index in [1.807, 2.05) is 64.1 Å². The highest BCUT2D eigenvalue weighted by atomic mass is 16.5. The number of nitriles is 2. The van der Waals surface area contributed by atoms with Crippen LogP contribution in [0.25, 0.3) is 11.1 Å². The zero-order chi connectivity index (χ0) is 52.2. The molecule has 4 saturated heterocycles. The highest BCUT2D eigenvalue weighted by molar-refractivity contribution is 5.90. The van der Waals surface area contributed by atoms with Crippen molar-refractivity contribution in [3.8, 4) is 23.3 Å². The van der Waals surface area contributed by atoms with Crippen LogP contribution in [0.3, 0.4) is 0 Å². The third-order valence-corrected chi connectivity index (χ3v) is 13.2. The van der Waals surface area contributed by atoms with Crippen molar-refractivity contribution in [2.45, 2.75) is 147 Å². The van der Waals surface area contributed by atoms with Gasteiger partial charge in [-0.3, -0.25) is 24.0 Å². The quantitative estimate of drug-likeness (QED) is 0.106. The number of aliphatic carboxylic acids is 1. The van der Waals surface area contributed by atoms with Crippen LogP contribution >= 0.6 is 0 Å². The molecule has 0 radical (unpaired) electrons. The number of piperidine rings is 2. The molecule has 0 saturated carbocycles. The number of amides is 6. The fourth-order valence-corrected chi connectivity index (χ4v) is 9.53. The van der Waals surface area contributed by atoms with Crippen LogP contribution in [0.15, 0.2) is 48.5 Å². The van der Waals surface area contributed by atoms with Crippen molar-refractivity contribution in [2.75, 3.05) is 32.9 Å². The largest absolute Gasteiger partial charge is 0.479 e. The number of ether oxygens (including phenoxy) is 3. The number of carboxylic acid groups (broad SMARTS) is 1. The summed E-state index contributed by atoms with van der Waals surface area (Å²) in [6, 6.07) is 17.2. The van der Waals surface area contributed by atoms with Gasteiger partial charge in [-0.05, 0) is 111 Å². The van der Waals surface area contributed by atoms with Gasteiger partial charge in [0.25, 0.3) is 0 Å². The number of fused-ring (bicyclic) bond motifs is 3. The summed E-state index contributed by atoms with van der Waals surface area (Å²) in [5, 5.41) is 43.8. The molecule has 1 aliphatic carbocycles. The van der Waals surface area contributed by atoms with E-state index in [1.165, 1.54) is 0 Å². The average Bonchev–Trinajstić information content (AvgIpc) is 4.17. The number of alkyl carbamates (subject to hydrolysis) is 1. The molecule has 4 heterocycles. The fourth-order valence-electron chi connectivity index (χ4n) is 9.53. The first-order valence-corrected chi connectivity index (χ1v) is 25.4. The van der Waals surface area contributed by atoms with Crippen molar-refractivity contribution >= 4 is 41.6 Å². The lowest BCUT2D eigenvalue weighted by Gasteiger charge is -2.26. The monoisotopic (exact) mass is 997 g/mol. The third-order valence-electron chi connectivity index (χ3n) is 13.2. The van der Waals surface area contributed by atoms with Gasteiger partial charge in [0.05, 0.1) is 12.1 Å². The molecule has 0 unspecified atom stereocenters. The molecule has 0 bridgehead atoms. The van der Waals surface area contributed by atoms with Crippen LogP contribution in [0.1, 0.15) is 122 Å². The molecule has 2 aromatic carbocycles. The highest BCUT2D eigenvalue weighted by Crippen LogP contribution is 2.44. The Labute approximate surface area is 422 Å². The van der Waals surface area contributed by atoms with E-state index in [9.17, 15) is 44.1 Å². The number of hydrogen-bond donors (Lipinski definition) is 7. The first kappa shape index (κ1) is 56.3. The Kier molecular flexibility index (Phi) is 22.3. The third kappa shape index (κ3) is 17.0. The maximum absolute atomic E-state index is 13.1. The van der Waals surface area contributed by atoms with Gasteiger partial charge in [-0.2, -0.15) is 10.5 Å². The van der Waals surface area contributed by atoms with Crippen LogP contribution in [0.2, 0.25) is 0 Å². The molecule has 7 rings (SSSR count). The number of rotatable bonds is 18. The molecule has 4 fully saturated rings. The van der Waals surface area contributed by atoms with Gasteiger partial charge < -0.3 is 51.2 Å². The maximum Gasteiger partial charge on any atom is 0.407 e. The van der Waals surface area contributed by atoms with E-state index < -0.39 is 60.3 Å². The van der Waals surface area contributed by atoms with Gasteiger partial charge in [0.15, 0.2) is 6.10 Å². The predicted octanol–water partition coefficient (Wildman–Crippen LogP) is 4.74. The summed E-state index contributed by atoms with van der Waals surface area (Å²) in [6.07, 6.45) is 5.84. The molecule has 8 atom stereocenters. The average molecular weight is 997 g/mol. The van der Waals surface area contributed by atoms with E-state index in [4.69, 9.17) is 19.3 Å². The van der Waals surface area contributed by atoms with Crippen LogP contribution in [-0.2, 0) is 43.0 Å². The first-order chi connectivity index (χ1) is 34.6. The summed E-state index contributed by atoms with van der Waals surface area (Å²) < 4.78 is 15.8. The molecule has 72 heavy (non-hydrogen) atoms. The van der Waals surface area contributed by atoms with Crippen molar-refractivity contribution in [3.05, 3.63) is 59.7 Å². The van der Waals surface area contributed by atoms with Crippen molar-refractivity contribution in [3.63, 3.8) is 0 Å². The summed E-state index contributed by atoms with van der Waals surface area (Å²) >= 11 is 0. The van der Waals surface area contributed by atoms with Crippen LogP contribution < -0.4 is 31.9 Å². The summed E-state index contributed by atoms with van der Waals surface area (Å²) in [4.78, 5) is 85.0. The second kappa shape index (κ2) is 28.5. The molecule has 390 valence electrons. The van der Waals surface area contributed by atoms with E-state index in [0.717, 1.165) is 47.9 Å². The molecular formula is C53H72N8O11. The van der Waals surface area contributed by atoms with Crippen molar-refractivity contribution in [1.29, 1.82) is 10.5 Å². The molecule has 6 amide bonds. The van der Waals surface area contributed by atoms with Gasteiger partial charge in [0.2, 0.25) is 29.5 Å². The van der Waals surface area contributed by atoms with Gasteiger partial charge in [-0.1, -0.05) is 76.2 Å². The lowest BCUT2D eigenvalue weighted by Crippen LogP contribution is -2.52. The number of nitrogens with one attached hydrogen (secondary N) is 6. The van der Waals surface area contributed by atoms with Gasteiger partial charge >= 0.3 is 12.1 Å². The van der Waals surface area contributed by atoms with E-state index in [0.29, 0.717) is 64.8 Å². The standard InChI is InChI=1S/C29H34N4O4.C19H30N4O4.C5H8O3/c1-18(2)14-26(28(35)32-20(16-30)15-19-8-7-13-31-27(19)34)33-29(36)37-17-25-23-11-5-3-9-21(23)22-10-4-6-12-24(22)25;1-12(2)9-15(23-19(26)16-6-4-8-27-16)18(25)22-14(11-20)10-13-5-3-7-21-17(13)24;6-5(7)4-2-1-3-8-4/h3-6,9-12,18-20,25-26H,7-8,13-15,17H2,1-2H3,(H,31,34)(H,32,35)(H,33,36);12-16H,3-10H2,1-2H3,(H,21,24)(H,22,25)(H,23,26);4H,1-3H2,(H,6,7)/t19-,20-,26-;13-,14-,15-,16+;4-/m001/s1. The zero-order valence-electron chi connectivity index (χ0n) is 41.9. The summed E-state index contributed by atoms with van der Waals surface area (Å²) in [6.45, 7) is 10.4. The molecule has 2 aromatic rings. The number of carbonyl (C=O) groups excluding carboxylic acids is 6. The van der Waals surface area contributed by atoms with Crippen LogP contribution in [0.4, 0.5) is 4.79 Å². The molecule has 4 aliphatic heterocycles. The Morgan fingerprint density at radius 2 is 1.12 bits per heavy atom. The summed E-state index contributed by atoms with van der Waals surface area (Å²) in [5.74, 6) is -2.47. The van der Waals surface area contributed by atoms with E-state index in [-0.39, 0.29) is 66.8 Å². The Bertz CT molecular complexity index is 2220. The summed E-state index contributed by atoms with van der Waals surface area (Å²) in [5.41, 5.74) is 4.49. The molecular weight excluding hydrogens is 925 g/mol. The lowest BCUT2D eigenvalue weighted by atomic mass is 9.91. The molecule has 19 nitrogen and oxygen atoms in total. The topological polar surface area (TPSA) is 287 Å². The minimum Gasteiger partial charge on any atom is -0.479 e. The molecule has 5 aliphatic rings. The maximum atomic E-state index is 13.1. The second-order valence-corrected chi connectivity index (χ2v) is 19.8. The summed E-state index contributed by atoms with van der Waals surface area (Å²) in [7, 11) is 0. The van der Waals surface area contributed by atoms with Crippen LogP contribution in [0, 0.1) is 46.3 Å².